The van der Waals surface area contributed by atoms with Gasteiger partial charge in [0.05, 0.1) is 23.8 Å². The molecule has 2 saturated carbocycles. The van der Waals surface area contributed by atoms with Gasteiger partial charge < -0.3 is 10.6 Å². The Morgan fingerprint density at radius 1 is 1.05 bits per heavy atom. The molecule has 1 aromatic carbocycles. The fraction of sp³-hybridized carbons (Fsp3) is 0.633. The third kappa shape index (κ3) is 7.48. The Bertz CT molecular complexity index is 1250. The lowest BCUT2D eigenvalue weighted by atomic mass is 9.93. The summed E-state index contributed by atoms with van der Waals surface area (Å²) >= 11 is 0. The smallest absolute Gasteiger partial charge is 0.353 e. The topological polar surface area (TPSA) is 79.3 Å². The molecule has 0 unspecified atom stereocenters. The lowest BCUT2D eigenvalue weighted by Gasteiger charge is -2.33. The van der Waals surface area contributed by atoms with E-state index < -0.39 is 29.6 Å². The number of carbonyl (C=O) groups excluding carboxylic acids is 2. The van der Waals surface area contributed by atoms with Gasteiger partial charge in [-0.25, -0.2) is 8.78 Å². The Kier molecular flexibility index (Phi) is 9.20. The van der Waals surface area contributed by atoms with E-state index in [-0.39, 0.29) is 67.3 Å². The number of hydrogen-bond donors (Lipinski definition) is 2. The number of likely N-dealkylation sites (tertiary alicyclic amines) is 1. The molecule has 7 nitrogen and oxygen atoms in total. The average molecular weight is 596 g/mol. The van der Waals surface area contributed by atoms with E-state index in [0.717, 1.165) is 51.0 Å². The second-order valence-corrected chi connectivity index (χ2v) is 11.9. The number of carbonyl (C=O) groups is 2. The van der Waals surface area contributed by atoms with Crippen LogP contribution in [0.2, 0.25) is 0 Å². The molecule has 0 radical (unpaired) electrons. The zero-order valence-corrected chi connectivity index (χ0v) is 23.6. The van der Waals surface area contributed by atoms with Crippen LogP contribution in [0.25, 0.3) is 11.3 Å². The van der Waals surface area contributed by atoms with Crippen molar-refractivity contribution in [1.29, 1.82) is 0 Å². The summed E-state index contributed by atoms with van der Waals surface area (Å²) in [5, 5.41) is 10.3. The highest BCUT2D eigenvalue weighted by molar-refractivity contribution is 5.94. The summed E-state index contributed by atoms with van der Waals surface area (Å²) in [5.74, 6) is -3.61. The number of benzene rings is 1. The maximum absolute atomic E-state index is 14.0. The molecule has 12 heteroatoms. The van der Waals surface area contributed by atoms with Gasteiger partial charge in [0, 0.05) is 37.0 Å². The first kappa shape index (κ1) is 30.4. The highest BCUT2D eigenvalue weighted by Gasteiger charge is 2.37. The van der Waals surface area contributed by atoms with Crippen LogP contribution < -0.4 is 10.6 Å². The minimum absolute atomic E-state index is 0.0282. The Balaban J connectivity index is 1.37. The Labute approximate surface area is 242 Å². The van der Waals surface area contributed by atoms with E-state index in [2.05, 4.69) is 15.7 Å². The number of piperidine rings is 1. The first-order valence-electron chi connectivity index (χ1n) is 14.9. The van der Waals surface area contributed by atoms with Crippen LogP contribution in [0.4, 0.5) is 22.0 Å². The van der Waals surface area contributed by atoms with Crippen molar-refractivity contribution >= 4 is 11.8 Å². The van der Waals surface area contributed by atoms with Gasteiger partial charge in [-0.2, -0.15) is 18.3 Å². The molecule has 5 rings (SSSR count). The Morgan fingerprint density at radius 2 is 1.79 bits per heavy atom. The summed E-state index contributed by atoms with van der Waals surface area (Å²) in [5.41, 5.74) is -0.677. The number of alkyl halides is 5. The van der Waals surface area contributed by atoms with Crippen LogP contribution in [-0.4, -0.2) is 64.1 Å². The van der Waals surface area contributed by atoms with Crippen LogP contribution in [0, 0.1) is 0 Å². The van der Waals surface area contributed by atoms with E-state index in [1.807, 2.05) is 0 Å². The average Bonchev–Trinajstić information content (AvgIpc) is 3.59. The summed E-state index contributed by atoms with van der Waals surface area (Å²) in [7, 11) is 0. The third-order valence-corrected chi connectivity index (χ3v) is 8.65. The van der Waals surface area contributed by atoms with E-state index in [1.54, 1.807) is 9.58 Å². The van der Waals surface area contributed by atoms with E-state index >= 15 is 0 Å². The van der Waals surface area contributed by atoms with Crippen molar-refractivity contribution in [1.82, 2.24) is 25.3 Å². The van der Waals surface area contributed by atoms with Crippen LogP contribution in [0.15, 0.2) is 30.3 Å². The lowest BCUT2D eigenvalue weighted by molar-refractivity contribution is -0.137. The van der Waals surface area contributed by atoms with E-state index in [4.69, 9.17) is 0 Å². The number of aromatic nitrogens is 2. The standard InChI is InChI=1S/C30H38F5N5O2/c31-29(32)14-6-15-39(19-29)16-13-21(17-27(41)36-20-7-5-8-20)37-28(42)25-18-26(40(38-25)22-9-1-2-10-22)23-11-3-4-12-24(23)30(33,34)35/h3-4,11-12,18,20-22H,1-2,5-10,13-17,19H2,(H,36,41)(H,37,42)/t21-/m0/s1. The van der Waals surface area contributed by atoms with Crippen molar-refractivity contribution in [3.05, 3.63) is 41.6 Å². The van der Waals surface area contributed by atoms with Crippen LogP contribution in [-0.2, 0) is 11.0 Å². The van der Waals surface area contributed by atoms with Crippen LogP contribution in [0.5, 0.6) is 0 Å². The Hall–Kier alpha value is -3.02. The minimum Gasteiger partial charge on any atom is -0.353 e. The fourth-order valence-corrected chi connectivity index (χ4v) is 6.21. The SMILES string of the molecule is O=C(C[C@H](CCN1CCCC(F)(F)C1)NC(=O)c1cc(-c2ccccc2C(F)(F)F)n(C2CCCC2)n1)NC1CCC1. The quantitative estimate of drug-likeness (QED) is 0.332. The monoisotopic (exact) mass is 595 g/mol. The number of nitrogens with one attached hydrogen (secondary N) is 2. The molecule has 230 valence electrons. The second-order valence-electron chi connectivity index (χ2n) is 11.9. The summed E-state index contributed by atoms with van der Waals surface area (Å²) in [6, 6.07) is 5.95. The maximum Gasteiger partial charge on any atom is 0.417 e. The molecule has 2 amide bonds. The van der Waals surface area contributed by atoms with E-state index in [9.17, 15) is 31.5 Å². The third-order valence-electron chi connectivity index (χ3n) is 8.65. The molecule has 2 N–H and O–H groups in total. The highest BCUT2D eigenvalue weighted by Crippen LogP contribution is 2.40. The van der Waals surface area contributed by atoms with Crippen molar-refractivity contribution in [3.8, 4) is 11.3 Å². The van der Waals surface area contributed by atoms with Crippen LogP contribution in [0.3, 0.4) is 0 Å². The fourth-order valence-electron chi connectivity index (χ4n) is 6.21. The predicted octanol–water partition coefficient (Wildman–Crippen LogP) is 5.96. The number of halogens is 5. The molecule has 2 heterocycles. The van der Waals surface area contributed by atoms with Gasteiger partial charge in [0.15, 0.2) is 5.69 Å². The van der Waals surface area contributed by atoms with Gasteiger partial charge in [-0.15, -0.1) is 0 Å². The summed E-state index contributed by atoms with van der Waals surface area (Å²) in [4.78, 5) is 27.9. The van der Waals surface area contributed by atoms with E-state index in [1.165, 1.54) is 24.3 Å². The van der Waals surface area contributed by atoms with Crippen molar-refractivity contribution in [2.75, 3.05) is 19.6 Å². The molecule has 1 atom stereocenters. The number of rotatable bonds is 10. The van der Waals surface area contributed by atoms with Crippen molar-refractivity contribution < 1.29 is 31.5 Å². The predicted molar refractivity (Wildman–Crippen MR) is 147 cm³/mol. The normalized spacial score (nSPS) is 20.7. The van der Waals surface area contributed by atoms with Crippen molar-refractivity contribution in [3.63, 3.8) is 0 Å². The number of hydrogen-bond acceptors (Lipinski definition) is 4. The molecule has 42 heavy (non-hydrogen) atoms. The highest BCUT2D eigenvalue weighted by atomic mass is 19.4. The van der Waals surface area contributed by atoms with Crippen LogP contribution in [0.1, 0.15) is 92.7 Å². The molecular formula is C30H38F5N5O2. The molecule has 0 bridgehead atoms. The summed E-state index contributed by atoms with van der Waals surface area (Å²) in [6.07, 6.45) is 2.02. The van der Waals surface area contributed by atoms with Crippen LogP contribution >= 0.6 is 0 Å². The molecule has 1 aromatic heterocycles. The minimum atomic E-state index is -4.59. The molecular weight excluding hydrogens is 557 g/mol. The van der Waals surface area contributed by atoms with Gasteiger partial charge in [-0.05, 0) is 63.6 Å². The summed E-state index contributed by atoms with van der Waals surface area (Å²) < 4.78 is 71.2. The maximum atomic E-state index is 14.0. The molecule has 2 aromatic rings. The van der Waals surface area contributed by atoms with Gasteiger partial charge >= 0.3 is 6.18 Å². The van der Waals surface area contributed by atoms with E-state index in [0.29, 0.717) is 13.0 Å². The zero-order chi connectivity index (χ0) is 29.9. The first-order valence-corrected chi connectivity index (χ1v) is 14.9. The number of nitrogens with zero attached hydrogens (tertiary/aromatic N) is 3. The van der Waals surface area contributed by atoms with Gasteiger partial charge in [0.25, 0.3) is 11.8 Å². The molecule has 3 fully saturated rings. The molecule has 0 spiro atoms. The largest absolute Gasteiger partial charge is 0.417 e. The Morgan fingerprint density at radius 3 is 2.45 bits per heavy atom. The molecule has 1 saturated heterocycles. The zero-order valence-electron chi connectivity index (χ0n) is 23.6. The molecule has 2 aliphatic carbocycles. The lowest BCUT2D eigenvalue weighted by Crippen LogP contribution is -2.47. The van der Waals surface area contributed by atoms with Gasteiger partial charge in [-0.3, -0.25) is 19.2 Å². The summed E-state index contributed by atoms with van der Waals surface area (Å²) in [6.45, 7) is 0.423. The number of amides is 2. The van der Waals surface area contributed by atoms with Crippen molar-refractivity contribution in [2.24, 2.45) is 0 Å². The molecule has 3 aliphatic rings. The van der Waals surface area contributed by atoms with Gasteiger partial charge in [-0.1, -0.05) is 31.0 Å². The molecule has 1 aliphatic heterocycles. The second kappa shape index (κ2) is 12.7. The van der Waals surface area contributed by atoms with Crippen molar-refractivity contribution in [2.45, 2.75) is 101 Å². The first-order chi connectivity index (χ1) is 20.0. The van der Waals surface area contributed by atoms with Gasteiger partial charge in [0.2, 0.25) is 5.91 Å². The van der Waals surface area contributed by atoms with Gasteiger partial charge in [0.1, 0.15) is 0 Å².